The number of unbranched alkanes of at least 4 members (excludes halogenated alkanes) is 1. The Bertz CT molecular complexity index is 177. The molecule has 0 saturated heterocycles. The van der Waals surface area contributed by atoms with E-state index in [-0.39, 0.29) is 6.16 Å². The zero-order valence-electron chi connectivity index (χ0n) is 6.74. The molecule has 66 valence electrons. The monoisotopic (exact) mass is 180 g/mol. The number of carbonyl (C=O) groups is 1. The maximum atomic E-state index is 10.9. The van der Waals surface area contributed by atoms with Crippen molar-refractivity contribution >= 4 is 13.6 Å². The van der Waals surface area contributed by atoms with Gasteiger partial charge in [0.15, 0.2) is 0 Å². The smallest absolute Gasteiger partial charge is 0.378 e. The summed E-state index contributed by atoms with van der Waals surface area (Å²) in [5, 5.41) is 0. The molecule has 0 spiro atoms. The van der Waals surface area contributed by atoms with Crippen LogP contribution in [-0.4, -0.2) is 17.0 Å². The molecular weight excluding hydrogens is 167 g/mol. The first-order chi connectivity index (χ1) is 4.98. The van der Waals surface area contributed by atoms with Crippen molar-refractivity contribution in [3.8, 4) is 0 Å². The molecule has 1 N–H and O–H groups in total. The van der Waals surface area contributed by atoms with E-state index in [1.807, 2.05) is 6.92 Å². The van der Waals surface area contributed by atoms with Crippen LogP contribution in [0.25, 0.3) is 0 Å². The summed E-state index contributed by atoms with van der Waals surface area (Å²) >= 11 is 0. The average molecular weight is 180 g/mol. The second kappa shape index (κ2) is 4.52. The number of rotatable bonds is 4. The Morgan fingerprint density at radius 1 is 1.64 bits per heavy atom. The highest BCUT2D eigenvalue weighted by Gasteiger charge is 2.20. The fourth-order valence-corrected chi connectivity index (χ4v) is 1.81. The van der Waals surface area contributed by atoms with Crippen LogP contribution < -0.4 is 0 Å². The zero-order valence-corrected chi connectivity index (χ0v) is 7.63. The van der Waals surface area contributed by atoms with Crippen LogP contribution in [0.1, 0.15) is 26.7 Å². The Balaban J connectivity index is 3.80. The molecular formula is C6H13O4P. The molecule has 0 rings (SSSR count). The highest BCUT2D eigenvalue weighted by molar-refractivity contribution is 7.53. The lowest BCUT2D eigenvalue weighted by Gasteiger charge is -2.08. The van der Waals surface area contributed by atoms with Crippen molar-refractivity contribution < 1.29 is 18.8 Å². The molecule has 0 aliphatic rings. The molecule has 0 aromatic rings. The van der Waals surface area contributed by atoms with Gasteiger partial charge in [-0.05, 0) is 6.42 Å². The highest BCUT2D eigenvalue weighted by Crippen LogP contribution is 2.42. The molecule has 0 aromatic carbocycles. The summed E-state index contributed by atoms with van der Waals surface area (Å²) < 4.78 is 15.1. The SMILES string of the molecule is CCCCP(=O)(O)OC(C)=O. The van der Waals surface area contributed by atoms with E-state index < -0.39 is 13.6 Å². The number of carbonyl (C=O) groups excluding carboxylic acids is 1. The van der Waals surface area contributed by atoms with Gasteiger partial charge in [-0.25, -0.2) is 4.57 Å². The summed E-state index contributed by atoms with van der Waals surface area (Å²) in [6.45, 7) is 3.02. The molecule has 11 heavy (non-hydrogen) atoms. The van der Waals surface area contributed by atoms with Crippen LogP contribution in [0.2, 0.25) is 0 Å². The van der Waals surface area contributed by atoms with Crippen molar-refractivity contribution in [2.75, 3.05) is 6.16 Å². The van der Waals surface area contributed by atoms with Crippen LogP contribution in [0, 0.1) is 0 Å². The average Bonchev–Trinajstić information content (AvgIpc) is 1.81. The summed E-state index contributed by atoms with van der Waals surface area (Å²) in [7, 11) is -3.61. The molecule has 4 nitrogen and oxygen atoms in total. The summed E-state index contributed by atoms with van der Waals surface area (Å²) in [6.07, 6.45) is 1.47. The van der Waals surface area contributed by atoms with Crippen molar-refractivity contribution in [2.45, 2.75) is 26.7 Å². The van der Waals surface area contributed by atoms with Crippen molar-refractivity contribution in [3.05, 3.63) is 0 Å². The van der Waals surface area contributed by atoms with Gasteiger partial charge in [0.2, 0.25) is 0 Å². The molecule has 0 aromatic heterocycles. The fourth-order valence-electron chi connectivity index (χ4n) is 0.604. The lowest BCUT2D eigenvalue weighted by molar-refractivity contribution is -0.132. The first kappa shape index (κ1) is 10.7. The van der Waals surface area contributed by atoms with Gasteiger partial charge in [0, 0.05) is 6.92 Å². The maximum Gasteiger partial charge on any atom is 0.378 e. The lowest BCUT2D eigenvalue weighted by Crippen LogP contribution is -1.99. The minimum atomic E-state index is -3.61. The van der Waals surface area contributed by atoms with Crippen LogP contribution >= 0.6 is 7.60 Å². The second-order valence-corrected chi connectivity index (χ2v) is 4.20. The van der Waals surface area contributed by atoms with Crippen LogP contribution in [-0.2, 0) is 13.9 Å². The standard InChI is InChI=1S/C6H13O4P/c1-3-4-5-11(8,9)10-6(2)7/h3-5H2,1-2H3,(H,8,9). The topological polar surface area (TPSA) is 63.6 Å². The van der Waals surface area contributed by atoms with E-state index in [0.29, 0.717) is 6.42 Å². The van der Waals surface area contributed by atoms with Gasteiger partial charge in [-0.2, -0.15) is 0 Å². The highest BCUT2D eigenvalue weighted by atomic mass is 31.2. The van der Waals surface area contributed by atoms with Crippen LogP contribution in [0.5, 0.6) is 0 Å². The van der Waals surface area contributed by atoms with Gasteiger partial charge in [-0.3, -0.25) is 4.79 Å². The van der Waals surface area contributed by atoms with Crippen molar-refractivity contribution in [1.82, 2.24) is 0 Å². The maximum absolute atomic E-state index is 10.9. The predicted molar refractivity (Wildman–Crippen MR) is 41.4 cm³/mol. The third-order valence-corrected chi connectivity index (χ3v) is 2.49. The Hall–Kier alpha value is -0.340. The predicted octanol–water partition coefficient (Wildman–Crippen LogP) is 1.53. The Morgan fingerprint density at radius 2 is 2.18 bits per heavy atom. The van der Waals surface area contributed by atoms with Crippen LogP contribution in [0.15, 0.2) is 0 Å². The van der Waals surface area contributed by atoms with Gasteiger partial charge in [0.05, 0.1) is 6.16 Å². The molecule has 0 saturated carbocycles. The molecule has 0 heterocycles. The summed E-state index contributed by atoms with van der Waals surface area (Å²) in [6, 6.07) is 0. The van der Waals surface area contributed by atoms with Gasteiger partial charge in [-0.1, -0.05) is 13.3 Å². The summed E-state index contributed by atoms with van der Waals surface area (Å²) in [4.78, 5) is 19.2. The molecule has 0 aliphatic heterocycles. The summed E-state index contributed by atoms with van der Waals surface area (Å²) in [5.41, 5.74) is 0. The van der Waals surface area contributed by atoms with Gasteiger partial charge < -0.3 is 9.42 Å². The number of hydrogen-bond acceptors (Lipinski definition) is 3. The minimum absolute atomic E-state index is 0.0586. The van der Waals surface area contributed by atoms with E-state index in [4.69, 9.17) is 4.89 Å². The lowest BCUT2D eigenvalue weighted by atomic mass is 10.4. The van der Waals surface area contributed by atoms with E-state index in [1.165, 1.54) is 0 Å². The molecule has 0 amide bonds. The van der Waals surface area contributed by atoms with E-state index in [1.54, 1.807) is 0 Å². The Kier molecular flexibility index (Phi) is 4.38. The largest absolute Gasteiger partial charge is 0.392 e. The Morgan fingerprint density at radius 3 is 2.55 bits per heavy atom. The minimum Gasteiger partial charge on any atom is -0.392 e. The van der Waals surface area contributed by atoms with E-state index >= 15 is 0 Å². The molecule has 0 bridgehead atoms. The van der Waals surface area contributed by atoms with E-state index in [0.717, 1.165) is 13.3 Å². The van der Waals surface area contributed by atoms with Crippen molar-refractivity contribution in [2.24, 2.45) is 0 Å². The van der Waals surface area contributed by atoms with E-state index in [2.05, 4.69) is 4.52 Å². The van der Waals surface area contributed by atoms with Gasteiger partial charge in [0.25, 0.3) is 0 Å². The van der Waals surface area contributed by atoms with Crippen LogP contribution in [0.3, 0.4) is 0 Å². The van der Waals surface area contributed by atoms with Gasteiger partial charge >= 0.3 is 13.6 Å². The third kappa shape index (κ3) is 6.07. The van der Waals surface area contributed by atoms with Gasteiger partial charge in [0.1, 0.15) is 0 Å². The molecule has 0 radical (unpaired) electrons. The molecule has 0 aliphatic carbocycles. The van der Waals surface area contributed by atoms with E-state index in [9.17, 15) is 9.36 Å². The summed E-state index contributed by atoms with van der Waals surface area (Å²) in [5.74, 6) is -0.702. The number of hydrogen-bond donors (Lipinski definition) is 1. The molecule has 5 heteroatoms. The zero-order chi connectivity index (χ0) is 8.91. The first-order valence-corrected chi connectivity index (χ1v) is 5.26. The molecule has 1 atom stereocenters. The molecule has 0 fully saturated rings. The van der Waals surface area contributed by atoms with Gasteiger partial charge in [-0.15, -0.1) is 0 Å². The van der Waals surface area contributed by atoms with Crippen LogP contribution in [0.4, 0.5) is 0 Å². The second-order valence-electron chi connectivity index (χ2n) is 2.30. The quantitative estimate of drug-likeness (QED) is 0.666. The first-order valence-electron chi connectivity index (χ1n) is 3.50. The third-order valence-electron chi connectivity index (χ3n) is 1.07. The normalized spacial score (nSPS) is 15.5. The molecule has 1 unspecified atom stereocenters. The van der Waals surface area contributed by atoms with Crippen molar-refractivity contribution in [1.29, 1.82) is 0 Å². The Labute approximate surface area is 66.1 Å². The fraction of sp³-hybridized carbons (Fsp3) is 0.833. The van der Waals surface area contributed by atoms with Crippen molar-refractivity contribution in [3.63, 3.8) is 0 Å².